The van der Waals surface area contributed by atoms with E-state index in [-0.39, 0.29) is 12.4 Å². The van der Waals surface area contributed by atoms with E-state index in [9.17, 15) is 9.59 Å². The maximum Gasteiger partial charge on any atom is 0.336 e. The third kappa shape index (κ3) is 3.23. The van der Waals surface area contributed by atoms with Crippen LogP contribution in [-0.2, 0) is 0 Å². The molecule has 4 heteroatoms. The first-order chi connectivity index (χ1) is 11.4. The predicted molar refractivity (Wildman–Crippen MR) is 93.0 cm³/mol. The molecule has 0 fully saturated rings. The average molecular weight is 322 g/mol. The highest BCUT2D eigenvalue weighted by Gasteiger charge is 2.12. The number of carbonyl (C=O) groups is 1. The van der Waals surface area contributed by atoms with Gasteiger partial charge in [-0.15, -0.1) is 0 Å². The Bertz CT molecular complexity index is 965. The zero-order valence-electron chi connectivity index (χ0n) is 13.9. The molecule has 0 unspecified atom stereocenters. The minimum atomic E-state index is -0.396. The Hall–Kier alpha value is -2.88. The SMILES string of the molecule is Cc1ccc(C(=O)COc2cc(C)cc3oc(=O)cc(C)c23)cc1. The second-order valence-corrected chi connectivity index (χ2v) is 5.96. The number of fused-ring (bicyclic) bond motifs is 1. The molecule has 0 aliphatic rings. The monoisotopic (exact) mass is 322 g/mol. The van der Waals surface area contributed by atoms with Crippen molar-refractivity contribution in [2.75, 3.05) is 6.61 Å². The molecule has 4 nitrogen and oxygen atoms in total. The summed E-state index contributed by atoms with van der Waals surface area (Å²) in [7, 11) is 0. The van der Waals surface area contributed by atoms with Gasteiger partial charge in [0.1, 0.15) is 11.3 Å². The fraction of sp³-hybridized carbons (Fsp3) is 0.200. The van der Waals surface area contributed by atoms with Crippen LogP contribution in [0.3, 0.4) is 0 Å². The number of ketones is 1. The Balaban J connectivity index is 1.91. The largest absolute Gasteiger partial charge is 0.485 e. The highest BCUT2D eigenvalue weighted by atomic mass is 16.5. The fourth-order valence-electron chi connectivity index (χ4n) is 2.66. The number of hydrogen-bond donors (Lipinski definition) is 0. The summed E-state index contributed by atoms with van der Waals surface area (Å²) in [6, 6.07) is 12.4. The molecule has 0 saturated heterocycles. The van der Waals surface area contributed by atoms with E-state index in [2.05, 4.69) is 0 Å². The van der Waals surface area contributed by atoms with Crippen LogP contribution in [0.2, 0.25) is 0 Å². The molecule has 0 atom stereocenters. The molecule has 0 spiro atoms. The van der Waals surface area contributed by atoms with Crippen molar-refractivity contribution in [3.05, 3.63) is 75.1 Å². The summed E-state index contributed by atoms with van der Waals surface area (Å²) in [5, 5.41) is 0.719. The minimum Gasteiger partial charge on any atom is -0.485 e. The maximum absolute atomic E-state index is 12.3. The molecule has 3 rings (SSSR count). The van der Waals surface area contributed by atoms with Crippen molar-refractivity contribution >= 4 is 16.8 Å². The summed E-state index contributed by atoms with van der Waals surface area (Å²) in [6.07, 6.45) is 0. The van der Waals surface area contributed by atoms with Gasteiger partial charge in [-0.25, -0.2) is 4.79 Å². The Labute approximate surface area is 139 Å². The first-order valence-electron chi connectivity index (χ1n) is 7.72. The van der Waals surface area contributed by atoms with E-state index in [4.69, 9.17) is 9.15 Å². The van der Waals surface area contributed by atoms with Gasteiger partial charge in [0.2, 0.25) is 0 Å². The van der Waals surface area contributed by atoms with Gasteiger partial charge in [0.25, 0.3) is 0 Å². The summed E-state index contributed by atoms with van der Waals surface area (Å²) < 4.78 is 11.0. The maximum atomic E-state index is 12.3. The van der Waals surface area contributed by atoms with Crippen LogP contribution in [0.1, 0.15) is 27.0 Å². The molecule has 3 aromatic rings. The van der Waals surface area contributed by atoms with Crippen molar-refractivity contribution in [2.45, 2.75) is 20.8 Å². The molecule has 1 heterocycles. The normalized spacial score (nSPS) is 10.8. The van der Waals surface area contributed by atoms with Gasteiger partial charge in [0.05, 0.1) is 5.39 Å². The van der Waals surface area contributed by atoms with Gasteiger partial charge in [-0.3, -0.25) is 4.79 Å². The van der Waals surface area contributed by atoms with E-state index in [1.54, 1.807) is 18.2 Å². The summed E-state index contributed by atoms with van der Waals surface area (Å²) in [4.78, 5) is 23.8. The number of Topliss-reactive ketones (excluding diaryl/α,β-unsaturated/α-hetero) is 1. The molecule has 2 aromatic carbocycles. The lowest BCUT2D eigenvalue weighted by Gasteiger charge is -2.11. The standard InChI is InChI=1S/C20H18O4/c1-12-4-6-15(7-5-12)16(21)11-23-17-8-13(2)9-18-20(17)14(3)10-19(22)24-18/h4-10H,11H2,1-3H3. The summed E-state index contributed by atoms with van der Waals surface area (Å²) in [6.45, 7) is 5.61. The first kappa shape index (κ1) is 16.0. The van der Waals surface area contributed by atoms with Crippen LogP contribution in [-0.4, -0.2) is 12.4 Å². The predicted octanol–water partition coefficient (Wildman–Crippen LogP) is 3.98. The molecule has 0 aliphatic carbocycles. The highest BCUT2D eigenvalue weighted by Crippen LogP contribution is 2.29. The van der Waals surface area contributed by atoms with Gasteiger partial charge in [0, 0.05) is 11.6 Å². The van der Waals surface area contributed by atoms with E-state index in [0.29, 0.717) is 16.9 Å². The number of rotatable bonds is 4. The Morgan fingerprint density at radius 3 is 2.42 bits per heavy atom. The van der Waals surface area contributed by atoms with Crippen LogP contribution in [0, 0.1) is 20.8 Å². The van der Waals surface area contributed by atoms with E-state index < -0.39 is 5.63 Å². The van der Waals surface area contributed by atoms with Crippen molar-refractivity contribution in [1.29, 1.82) is 0 Å². The Morgan fingerprint density at radius 1 is 1.00 bits per heavy atom. The summed E-state index contributed by atoms with van der Waals surface area (Å²) >= 11 is 0. The smallest absolute Gasteiger partial charge is 0.336 e. The van der Waals surface area contributed by atoms with E-state index >= 15 is 0 Å². The van der Waals surface area contributed by atoms with Crippen LogP contribution in [0.5, 0.6) is 5.75 Å². The number of aryl methyl sites for hydroxylation is 3. The van der Waals surface area contributed by atoms with Gasteiger partial charge in [-0.1, -0.05) is 29.8 Å². The fourth-order valence-corrected chi connectivity index (χ4v) is 2.66. The van der Waals surface area contributed by atoms with Crippen LogP contribution < -0.4 is 10.4 Å². The lowest BCUT2D eigenvalue weighted by atomic mass is 10.1. The number of benzene rings is 2. The molecule has 0 bridgehead atoms. The quantitative estimate of drug-likeness (QED) is 0.538. The second kappa shape index (κ2) is 6.32. The Morgan fingerprint density at radius 2 is 1.71 bits per heavy atom. The zero-order chi connectivity index (χ0) is 17.3. The zero-order valence-corrected chi connectivity index (χ0v) is 13.9. The molecule has 24 heavy (non-hydrogen) atoms. The number of ether oxygens (including phenoxy) is 1. The van der Waals surface area contributed by atoms with Crippen LogP contribution in [0.4, 0.5) is 0 Å². The van der Waals surface area contributed by atoms with Crippen LogP contribution >= 0.6 is 0 Å². The van der Waals surface area contributed by atoms with Gasteiger partial charge in [-0.05, 0) is 44.0 Å². The van der Waals surface area contributed by atoms with E-state index in [1.165, 1.54) is 6.07 Å². The molecule has 0 amide bonds. The molecule has 0 saturated carbocycles. The molecule has 0 N–H and O–H groups in total. The van der Waals surface area contributed by atoms with Crippen molar-refractivity contribution in [1.82, 2.24) is 0 Å². The second-order valence-electron chi connectivity index (χ2n) is 5.96. The molecule has 0 aliphatic heterocycles. The number of carbonyl (C=O) groups excluding carboxylic acids is 1. The third-order valence-corrected chi connectivity index (χ3v) is 3.88. The van der Waals surface area contributed by atoms with Gasteiger partial charge in [0.15, 0.2) is 12.4 Å². The minimum absolute atomic E-state index is 0.0693. The molecule has 122 valence electrons. The summed E-state index contributed by atoms with van der Waals surface area (Å²) in [5.74, 6) is 0.450. The van der Waals surface area contributed by atoms with Crippen molar-refractivity contribution < 1.29 is 13.9 Å². The Kier molecular flexibility index (Phi) is 4.21. The number of hydrogen-bond acceptors (Lipinski definition) is 4. The lowest BCUT2D eigenvalue weighted by molar-refractivity contribution is 0.0922. The topological polar surface area (TPSA) is 56.5 Å². The van der Waals surface area contributed by atoms with E-state index in [1.807, 2.05) is 39.0 Å². The van der Waals surface area contributed by atoms with Crippen LogP contribution in [0.25, 0.3) is 11.0 Å². The van der Waals surface area contributed by atoms with E-state index in [0.717, 1.165) is 22.1 Å². The highest BCUT2D eigenvalue weighted by molar-refractivity contribution is 5.97. The molecular formula is C20H18O4. The third-order valence-electron chi connectivity index (χ3n) is 3.88. The van der Waals surface area contributed by atoms with Crippen molar-refractivity contribution in [2.24, 2.45) is 0 Å². The average Bonchev–Trinajstić information content (AvgIpc) is 2.52. The lowest BCUT2D eigenvalue weighted by Crippen LogP contribution is -2.12. The van der Waals surface area contributed by atoms with Crippen molar-refractivity contribution in [3.63, 3.8) is 0 Å². The van der Waals surface area contributed by atoms with Crippen molar-refractivity contribution in [3.8, 4) is 5.75 Å². The van der Waals surface area contributed by atoms with Crippen LogP contribution in [0.15, 0.2) is 51.7 Å². The molecule has 1 aromatic heterocycles. The first-order valence-corrected chi connectivity index (χ1v) is 7.72. The van der Waals surface area contributed by atoms with Gasteiger partial charge < -0.3 is 9.15 Å². The molecule has 0 radical (unpaired) electrons. The van der Waals surface area contributed by atoms with Gasteiger partial charge in [-0.2, -0.15) is 0 Å². The summed E-state index contributed by atoms with van der Waals surface area (Å²) in [5.41, 5.74) is 3.45. The van der Waals surface area contributed by atoms with Gasteiger partial charge >= 0.3 is 5.63 Å². The molecular weight excluding hydrogens is 304 g/mol.